The van der Waals surface area contributed by atoms with Gasteiger partial charge in [0.1, 0.15) is 0 Å². The van der Waals surface area contributed by atoms with E-state index in [2.05, 4.69) is 15.9 Å². The van der Waals surface area contributed by atoms with E-state index >= 15 is 0 Å². The van der Waals surface area contributed by atoms with E-state index in [1.54, 1.807) is 11.8 Å². The minimum absolute atomic E-state index is 0.199. The molecule has 0 aliphatic carbocycles. The Morgan fingerprint density at radius 1 is 1.47 bits per heavy atom. The number of halogens is 1. The molecule has 106 valence electrons. The number of esters is 1. The van der Waals surface area contributed by atoms with E-state index in [0.717, 1.165) is 16.7 Å². The van der Waals surface area contributed by atoms with Crippen molar-refractivity contribution in [2.75, 3.05) is 12.0 Å². The van der Waals surface area contributed by atoms with Crippen LogP contribution in [0.2, 0.25) is 0 Å². The molecule has 0 aromatic carbocycles. The maximum atomic E-state index is 12.1. The Balaban J connectivity index is 3.04. The molecule has 8 heteroatoms. The smallest absolute Gasteiger partial charge is 0.333 e. The Hall–Kier alpha value is -1.02. The zero-order valence-electron chi connectivity index (χ0n) is 10.7. The van der Waals surface area contributed by atoms with Crippen molar-refractivity contribution in [3.8, 4) is 0 Å². The molecule has 0 aliphatic heterocycles. The van der Waals surface area contributed by atoms with Crippen molar-refractivity contribution >= 4 is 33.7 Å². The summed E-state index contributed by atoms with van der Waals surface area (Å²) in [5, 5.41) is 0. The predicted molar refractivity (Wildman–Crippen MR) is 77.4 cm³/mol. The number of carbonyl (C=O) groups is 1. The molecule has 1 rings (SSSR count). The molecule has 0 fully saturated rings. The third-order valence-corrected chi connectivity index (χ3v) is 3.57. The molecular weight excluding hydrogens is 336 g/mol. The second-order valence-electron chi connectivity index (χ2n) is 3.80. The number of hydrogen-bond acceptors (Lipinski definition) is 5. The van der Waals surface area contributed by atoms with Crippen LogP contribution in [0.5, 0.6) is 0 Å². The summed E-state index contributed by atoms with van der Waals surface area (Å²) in [5.41, 5.74) is -0.847. The Bertz CT molecular complexity index is 567. The molecule has 0 saturated heterocycles. The molecule has 1 aromatic rings. The van der Waals surface area contributed by atoms with Crippen molar-refractivity contribution in [3.63, 3.8) is 0 Å². The van der Waals surface area contributed by atoms with Gasteiger partial charge in [-0.2, -0.15) is 11.8 Å². The standard InChI is InChI=1S/C11H15BrN2O4S/c1-8(15)18-7-13-6-9(12)10(16)14(11(13)17)4-3-5-19-2/h6H,3-5,7H2,1-2H3. The van der Waals surface area contributed by atoms with E-state index in [4.69, 9.17) is 4.74 Å². The van der Waals surface area contributed by atoms with Gasteiger partial charge in [0.05, 0.1) is 4.47 Å². The average Bonchev–Trinajstić information content (AvgIpc) is 2.36. The van der Waals surface area contributed by atoms with Gasteiger partial charge in [0.25, 0.3) is 5.56 Å². The SMILES string of the molecule is CSCCCn1c(=O)c(Br)cn(COC(C)=O)c1=O. The van der Waals surface area contributed by atoms with Crippen molar-refractivity contribution in [2.24, 2.45) is 0 Å². The van der Waals surface area contributed by atoms with Gasteiger partial charge >= 0.3 is 11.7 Å². The second kappa shape index (κ2) is 7.54. The maximum absolute atomic E-state index is 12.1. The van der Waals surface area contributed by atoms with Crippen LogP contribution in [0.1, 0.15) is 13.3 Å². The van der Waals surface area contributed by atoms with Crippen LogP contribution in [0, 0.1) is 0 Å². The number of rotatable bonds is 6. The van der Waals surface area contributed by atoms with Crippen LogP contribution >= 0.6 is 27.7 Å². The summed E-state index contributed by atoms with van der Waals surface area (Å²) < 4.78 is 7.36. The molecule has 0 aliphatic rings. The molecular formula is C11H15BrN2O4S. The van der Waals surface area contributed by atoms with E-state index in [-0.39, 0.29) is 16.8 Å². The molecule has 0 N–H and O–H groups in total. The fourth-order valence-corrected chi connectivity index (χ4v) is 2.31. The van der Waals surface area contributed by atoms with Crippen molar-refractivity contribution in [2.45, 2.75) is 26.6 Å². The van der Waals surface area contributed by atoms with Crippen LogP contribution < -0.4 is 11.2 Å². The van der Waals surface area contributed by atoms with Gasteiger partial charge in [-0.05, 0) is 34.4 Å². The molecule has 0 saturated carbocycles. The molecule has 1 heterocycles. The van der Waals surface area contributed by atoms with Crippen LogP contribution in [0.4, 0.5) is 0 Å². The number of ether oxygens (including phenoxy) is 1. The van der Waals surface area contributed by atoms with Crippen molar-refractivity contribution in [1.29, 1.82) is 0 Å². The fraction of sp³-hybridized carbons (Fsp3) is 0.545. The van der Waals surface area contributed by atoms with Crippen molar-refractivity contribution in [1.82, 2.24) is 9.13 Å². The molecule has 0 bridgehead atoms. The van der Waals surface area contributed by atoms with Gasteiger partial charge < -0.3 is 4.74 Å². The van der Waals surface area contributed by atoms with Crippen LogP contribution in [0.3, 0.4) is 0 Å². The number of hydrogen-bond donors (Lipinski definition) is 0. The van der Waals surface area contributed by atoms with Gasteiger partial charge in [-0.15, -0.1) is 0 Å². The van der Waals surface area contributed by atoms with Gasteiger partial charge in [-0.25, -0.2) is 4.79 Å². The van der Waals surface area contributed by atoms with E-state index in [1.807, 2.05) is 6.26 Å². The van der Waals surface area contributed by atoms with Crippen LogP contribution in [0.25, 0.3) is 0 Å². The minimum atomic E-state index is -0.483. The lowest BCUT2D eigenvalue weighted by atomic mass is 10.4. The Kier molecular flexibility index (Phi) is 6.36. The van der Waals surface area contributed by atoms with Gasteiger partial charge in [-0.3, -0.25) is 18.7 Å². The van der Waals surface area contributed by atoms with E-state index < -0.39 is 11.7 Å². The molecule has 1 aromatic heterocycles. The summed E-state index contributed by atoms with van der Waals surface area (Å²) in [7, 11) is 0. The lowest BCUT2D eigenvalue weighted by molar-refractivity contribution is -0.144. The zero-order valence-corrected chi connectivity index (χ0v) is 13.1. The summed E-state index contributed by atoms with van der Waals surface area (Å²) in [6.45, 7) is 1.40. The first-order chi connectivity index (χ1) is 8.97. The lowest BCUT2D eigenvalue weighted by Gasteiger charge is -2.10. The second-order valence-corrected chi connectivity index (χ2v) is 5.64. The number of thioether (sulfide) groups is 1. The predicted octanol–water partition coefficient (Wildman–Crippen LogP) is 1.05. The van der Waals surface area contributed by atoms with E-state index in [1.165, 1.54) is 17.7 Å². The minimum Gasteiger partial charge on any atom is -0.444 e. The topological polar surface area (TPSA) is 70.3 Å². The maximum Gasteiger partial charge on any atom is 0.333 e. The van der Waals surface area contributed by atoms with Gasteiger partial charge in [0.15, 0.2) is 6.73 Å². The average molecular weight is 351 g/mol. The highest BCUT2D eigenvalue weighted by Crippen LogP contribution is 2.01. The van der Waals surface area contributed by atoms with Gasteiger partial charge in [0.2, 0.25) is 0 Å². The Morgan fingerprint density at radius 2 is 2.16 bits per heavy atom. The monoisotopic (exact) mass is 350 g/mol. The van der Waals surface area contributed by atoms with E-state index in [9.17, 15) is 14.4 Å². The summed E-state index contributed by atoms with van der Waals surface area (Å²) in [4.78, 5) is 34.7. The highest BCUT2D eigenvalue weighted by molar-refractivity contribution is 9.10. The van der Waals surface area contributed by atoms with Crippen LogP contribution in [-0.4, -0.2) is 27.1 Å². The summed E-state index contributed by atoms with van der Waals surface area (Å²) >= 11 is 4.76. The molecule has 0 unspecified atom stereocenters. The first kappa shape index (κ1) is 16.0. The third kappa shape index (κ3) is 4.54. The van der Waals surface area contributed by atoms with Crippen LogP contribution in [0.15, 0.2) is 20.3 Å². The molecule has 0 atom stereocenters. The normalized spacial score (nSPS) is 10.5. The molecule has 6 nitrogen and oxygen atoms in total. The third-order valence-electron chi connectivity index (χ3n) is 2.33. The first-order valence-electron chi connectivity index (χ1n) is 5.59. The first-order valence-corrected chi connectivity index (χ1v) is 7.78. The highest BCUT2D eigenvalue weighted by atomic mass is 79.9. The molecule has 0 spiro atoms. The number of nitrogens with zero attached hydrogens (tertiary/aromatic N) is 2. The van der Waals surface area contributed by atoms with Crippen LogP contribution in [-0.2, 0) is 22.8 Å². The summed E-state index contributed by atoms with van der Waals surface area (Å²) in [6.07, 6.45) is 4.02. The quantitative estimate of drug-likeness (QED) is 0.566. The molecule has 0 radical (unpaired) electrons. The molecule has 19 heavy (non-hydrogen) atoms. The number of aromatic nitrogens is 2. The fourth-order valence-electron chi connectivity index (χ4n) is 1.44. The summed E-state index contributed by atoms with van der Waals surface area (Å²) in [6, 6.07) is 0. The highest BCUT2D eigenvalue weighted by Gasteiger charge is 2.10. The Labute approximate surface area is 122 Å². The van der Waals surface area contributed by atoms with Gasteiger partial charge in [0, 0.05) is 19.7 Å². The van der Waals surface area contributed by atoms with E-state index in [0.29, 0.717) is 6.54 Å². The van der Waals surface area contributed by atoms with Crippen molar-refractivity contribution in [3.05, 3.63) is 31.5 Å². The number of carbonyl (C=O) groups excluding carboxylic acids is 1. The van der Waals surface area contributed by atoms with Crippen molar-refractivity contribution < 1.29 is 9.53 Å². The van der Waals surface area contributed by atoms with Gasteiger partial charge in [-0.1, -0.05) is 0 Å². The summed E-state index contributed by atoms with van der Waals surface area (Å²) in [5.74, 6) is 0.380. The zero-order chi connectivity index (χ0) is 14.4. The molecule has 0 amide bonds. The lowest BCUT2D eigenvalue weighted by Crippen LogP contribution is -2.40. The Morgan fingerprint density at radius 3 is 2.74 bits per heavy atom. The largest absolute Gasteiger partial charge is 0.444 e.